The number of anilines is 1. The number of methoxy groups -OCH3 is 1. The van der Waals surface area contributed by atoms with E-state index in [0.29, 0.717) is 35.7 Å². The molecule has 10 heteroatoms. The monoisotopic (exact) mass is 544 g/mol. The average Bonchev–Trinajstić information content (AvgIpc) is 3.37. The quantitative estimate of drug-likeness (QED) is 0.350. The van der Waals surface area contributed by atoms with Gasteiger partial charge in [-0.15, -0.1) is 0 Å². The van der Waals surface area contributed by atoms with Crippen LogP contribution in [-0.4, -0.2) is 45.7 Å². The van der Waals surface area contributed by atoms with E-state index in [1.807, 2.05) is 12.1 Å². The summed E-state index contributed by atoms with van der Waals surface area (Å²) in [5.41, 5.74) is 1.72. The van der Waals surface area contributed by atoms with Gasteiger partial charge in [-0.25, -0.2) is 4.79 Å². The Kier molecular flexibility index (Phi) is 8.58. The maximum absolute atomic E-state index is 13.3. The minimum atomic E-state index is -4.16. The van der Waals surface area contributed by atoms with E-state index in [9.17, 15) is 13.2 Å². The molecule has 0 aromatic heterocycles. The molecule has 0 aliphatic carbocycles. The molecular formula is C27H29ClN2O6S. The SMILES string of the molecule is COc1ccccc1NC(=O)N(Cc1cccc(OS(=O)(=O)c2c(C)cccc2Cl)c1)CC1CCCO1. The van der Waals surface area contributed by atoms with E-state index >= 15 is 0 Å². The number of amides is 2. The Labute approximate surface area is 222 Å². The fourth-order valence-electron chi connectivity index (χ4n) is 4.21. The van der Waals surface area contributed by atoms with Gasteiger partial charge < -0.3 is 23.9 Å². The van der Waals surface area contributed by atoms with Crippen LogP contribution in [-0.2, 0) is 21.4 Å². The molecule has 0 bridgehead atoms. The molecule has 3 aromatic rings. The van der Waals surface area contributed by atoms with E-state index in [1.165, 1.54) is 6.07 Å². The lowest BCUT2D eigenvalue weighted by molar-refractivity contribution is 0.0819. The Morgan fingerprint density at radius 1 is 1.14 bits per heavy atom. The lowest BCUT2D eigenvalue weighted by atomic mass is 10.2. The molecule has 8 nitrogen and oxygen atoms in total. The third-order valence-electron chi connectivity index (χ3n) is 5.98. The lowest BCUT2D eigenvalue weighted by Crippen LogP contribution is -2.39. The number of ether oxygens (including phenoxy) is 2. The molecular weight excluding hydrogens is 516 g/mol. The van der Waals surface area contributed by atoms with Gasteiger partial charge in [-0.2, -0.15) is 8.42 Å². The van der Waals surface area contributed by atoms with E-state index < -0.39 is 10.1 Å². The van der Waals surface area contributed by atoms with Crippen molar-refractivity contribution in [1.82, 2.24) is 4.90 Å². The number of carbonyl (C=O) groups excluding carboxylic acids is 1. The van der Waals surface area contributed by atoms with E-state index in [4.69, 9.17) is 25.3 Å². The van der Waals surface area contributed by atoms with Crippen LogP contribution in [0.4, 0.5) is 10.5 Å². The summed E-state index contributed by atoms with van der Waals surface area (Å²) in [6.45, 7) is 2.91. The Bertz CT molecular complexity index is 1340. The van der Waals surface area contributed by atoms with E-state index in [-0.39, 0.29) is 34.3 Å². The zero-order valence-electron chi connectivity index (χ0n) is 20.6. The fourth-order valence-corrected chi connectivity index (χ4v) is 5.93. The summed E-state index contributed by atoms with van der Waals surface area (Å²) < 4.78 is 42.5. The number of nitrogens with one attached hydrogen (secondary N) is 1. The number of carbonyl (C=O) groups is 1. The summed E-state index contributed by atoms with van der Waals surface area (Å²) in [7, 11) is -2.62. The molecule has 0 spiro atoms. The average molecular weight is 545 g/mol. The minimum absolute atomic E-state index is 0.0711. The first-order valence-electron chi connectivity index (χ1n) is 11.9. The Balaban J connectivity index is 1.55. The molecule has 37 heavy (non-hydrogen) atoms. The second-order valence-electron chi connectivity index (χ2n) is 8.72. The molecule has 1 fully saturated rings. The highest BCUT2D eigenvalue weighted by atomic mass is 35.5. The molecule has 1 atom stereocenters. The number of benzene rings is 3. The maximum Gasteiger partial charge on any atom is 0.340 e. The minimum Gasteiger partial charge on any atom is -0.495 e. The van der Waals surface area contributed by atoms with Crippen LogP contribution in [0.1, 0.15) is 24.0 Å². The highest BCUT2D eigenvalue weighted by molar-refractivity contribution is 7.87. The first kappa shape index (κ1) is 26.8. The smallest absolute Gasteiger partial charge is 0.340 e. The van der Waals surface area contributed by atoms with Crippen LogP contribution < -0.4 is 14.2 Å². The number of rotatable bonds is 9. The van der Waals surface area contributed by atoms with E-state index in [1.54, 1.807) is 67.5 Å². The highest BCUT2D eigenvalue weighted by Crippen LogP contribution is 2.29. The summed E-state index contributed by atoms with van der Waals surface area (Å²) in [4.78, 5) is 14.9. The molecule has 1 aliphatic rings. The topological polar surface area (TPSA) is 94.2 Å². The zero-order valence-corrected chi connectivity index (χ0v) is 22.2. The highest BCUT2D eigenvalue weighted by Gasteiger charge is 2.25. The van der Waals surface area contributed by atoms with E-state index in [2.05, 4.69) is 5.32 Å². The summed E-state index contributed by atoms with van der Waals surface area (Å²) in [5, 5.41) is 3.00. The van der Waals surface area contributed by atoms with Crippen LogP contribution >= 0.6 is 11.6 Å². The molecule has 196 valence electrons. The van der Waals surface area contributed by atoms with Crippen molar-refractivity contribution in [3.05, 3.63) is 82.9 Å². The van der Waals surface area contributed by atoms with Crippen LogP contribution in [0.2, 0.25) is 5.02 Å². The predicted molar refractivity (Wildman–Crippen MR) is 142 cm³/mol. The summed E-state index contributed by atoms with van der Waals surface area (Å²) in [6.07, 6.45) is 1.72. The number of hydrogen-bond acceptors (Lipinski definition) is 6. The third-order valence-corrected chi connectivity index (χ3v) is 7.86. The molecule has 1 N–H and O–H groups in total. The normalized spacial score (nSPS) is 15.3. The van der Waals surface area contributed by atoms with Crippen molar-refractivity contribution in [3.63, 3.8) is 0 Å². The number of aryl methyl sites for hydroxylation is 1. The van der Waals surface area contributed by atoms with Gasteiger partial charge in [0.25, 0.3) is 0 Å². The molecule has 1 heterocycles. The van der Waals surface area contributed by atoms with Crippen LogP contribution in [0, 0.1) is 6.92 Å². The van der Waals surface area contributed by atoms with Crippen LogP contribution in [0.5, 0.6) is 11.5 Å². The van der Waals surface area contributed by atoms with Crippen molar-refractivity contribution < 1.29 is 26.9 Å². The molecule has 3 aromatic carbocycles. The number of nitrogens with zero attached hydrogens (tertiary/aromatic N) is 1. The predicted octanol–water partition coefficient (Wildman–Crippen LogP) is 5.64. The van der Waals surface area contributed by atoms with Gasteiger partial charge in [-0.3, -0.25) is 0 Å². The van der Waals surface area contributed by atoms with Crippen molar-refractivity contribution in [1.29, 1.82) is 0 Å². The first-order chi connectivity index (χ1) is 17.8. The van der Waals surface area contributed by atoms with Gasteiger partial charge >= 0.3 is 16.1 Å². The Hall–Kier alpha value is -3.27. The van der Waals surface area contributed by atoms with Crippen molar-refractivity contribution in [2.45, 2.75) is 37.3 Å². The van der Waals surface area contributed by atoms with Gasteiger partial charge in [0.1, 0.15) is 16.4 Å². The maximum atomic E-state index is 13.3. The first-order valence-corrected chi connectivity index (χ1v) is 13.6. The molecule has 0 radical (unpaired) electrons. The van der Waals surface area contributed by atoms with Crippen molar-refractivity contribution in [3.8, 4) is 11.5 Å². The lowest BCUT2D eigenvalue weighted by Gasteiger charge is -2.26. The van der Waals surface area contributed by atoms with Gasteiger partial charge in [0.2, 0.25) is 0 Å². The molecule has 0 saturated carbocycles. The zero-order chi connectivity index (χ0) is 26.4. The second kappa shape index (κ2) is 11.9. The number of halogens is 1. The summed E-state index contributed by atoms with van der Waals surface area (Å²) in [6, 6.07) is 18.3. The van der Waals surface area contributed by atoms with Crippen LogP contribution in [0.3, 0.4) is 0 Å². The van der Waals surface area contributed by atoms with Crippen LogP contribution in [0.25, 0.3) is 0 Å². The molecule has 4 rings (SSSR count). The fraction of sp³-hybridized carbons (Fsp3) is 0.296. The van der Waals surface area contributed by atoms with Gasteiger partial charge in [-0.05, 0) is 61.2 Å². The largest absolute Gasteiger partial charge is 0.495 e. The van der Waals surface area contributed by atoms with Crippen molar-refractivity contribution in [2.75, 3.05) is 25.6 Å². The molecule has 1 saturated heterocycles. The van der Waals surface area contributed by atoms with Crippen LogP contribution in [0.15, 0.2) is 71.6 Å². The van der Waals surface area contributed by atoms with Crippen molar-refractivity contribution in [2.24, 2.45) is 0 Å². The number of urea groups is 1. The number of hydrogen-bond donors (Lipinski definition) is 1. The molecule has 1 unspecified atom stereocenters. The standard InChI is InChI=1S/C27H29ClN2O6S/c1-19-8-5-12-23(28)26(19)37(32,33)36-21-10-6-9-20(16-21)17-30(18-22-11-7-15-35-22)27(31)29-24-13-3-4-14-25(24)34-2/h3-6,8-10,12-14,16,22H,7,11,15,17-18H2,1-2H3,(H,29,31). The Morgan fingerprint density at radius 3 is 2.65 bits per heavy atom. The number of para-hydroxylation sites is 2. The second-order valence-corrected chi connectivity index (χ2v) is 10.6. The van der Waals surface area contributed by atoms with Gasteiger partial charge in [0.15, 0.2) is 0 Å². The van der Waals surface area contributed by atoms with Gasteiger partial charge in [0, 0.05) is 19.7 Å². The van der Waals surface area contributed by atoms with E-state index in [0.717, 1.165) is 12.8 Å². The molecule has 1 aliphatic heterocycles. The summed E-state index contributed by atoms with van der Waals surface area (Å²) >= 11 is 6.15. The third kappa shape index (κ3) is 6.74. The van der Waals surface area contributed by atoms with Gasteiger partial charge in [-0.1, -0.05) is 48.0 Å². The molecule has 2 amide bonds. The van der Waals surface area contributed by atoms with Gasteiger partial charge in [0.05, 0.1) is 23.9 Å². The Morgan fingerprint density at radius 2 is 1.92 bits per heavy atom. The van der Waals surface area contributed by atoms with Crippen molar-refractivity contribution >= 4 is 33.4 Å². The summed E-state index contributed by atoms with van der Waals surface area (Å²) in [5.74, 6) is 0.669.